The van der Waals surface area contributed by atoms with Crippen molar-refractivity contribution in [3.63, 3.8) is 0 Å². The maximum absolute atomic E-state index is 10.8. The summed E-state index contributed by atoms with van der Waals surface area (Å²) in [6.45, 7) is 1.40. The highest BCUT2D eigenvalue weighted by molar-refractivity contribution is 8.06. The molecule has 0 atom stereocenters. The second-order valence-electron chi connectivity index (χ2n) is 1.70. The van der Waals surface area contributed by atoms with Gasteiger partial charge >= 0.3 is 6.00 Å². The lowest BCUT2D eigenvalue weighted by Crippen LogP contribution is -2.10. The number of hydrogen-bond donors (Lipinski definition) is 0. The molecule has 0 amide bonds. The maximum Gasteiger partial charge on any atom is 0.324 e. The first-order valence-corrected chi connectivity index (χ1v) is 5.90. The van der Waals surface area contributed by atoms with Crippen molar-refractivity contribution >= 4 is 28.5 Å². The van der Waals surface area contributed by atoms with Crippen LogP contribution in [0.2, 0.25) is 0 Å². The molecule has 3 nitrogen and oxygen atoms in total. The predicted molar refractivity (Wildman–Crippen MR) is 36.8 cm³/mol. The van der Waals surface area contributed by atoms with E-state index in [-0.39, 0.29) is 6.73 Å². The molecule has 6 heteroatoms. The molecule has 1 aliphatic rings. The van der Waals surface area contributed by atoms with Gasteiger partial charge in [0, 0.05) is 6.54 Å². The van der Waals surface area contributed by atoms with Gasteiger partial charge in [0.1, 0.15) is 6.73 Å². The Labute approximate surface area is 62.9 Å². The lowest BCUT2D eigenvalue weighted by atomic mass is 10.7. The average molecular weight is 190 g/mol. The summed E-state index contributed by atoms with van der Waals surface area (Å²) in [5.74, 6) is -3.06. The molecule has 0 spiro atoms. The van der Waals surface area contributed by atoms with Crippen LogP contribution in [0.25, 0.3) is 0 Å². The van der Waals surface area contributed by atoms with Gasteiger partial charge in [-0.15, -0.1) is 0 Å². The van der Waals surface area contributed by atoms with Crippen molar-refractivity contribution in [2.75, 3.05) is 19.9 Å². The first-order chi connectivity index (χ1) is 4.11. The van der Waals surface area contributed by atoms with Crippen LogP contribution in [-0.2, 0) is 9.30 Å². The fraction of sp³-hybridized carbons (Fsp3) is 1.00. The summed E-state index contributed by atoms with van der Waals surface area (Å²) in [7, 11) is 0. The molecule has 1 saturated heterocycles. The van der Waals surface area contributed by atoms with Gasteiger partial charge in [0.05, 0.1) is 6.61 Å². The topological polar surface area (TPSA) is 29.5 Å². The van der Waals surface area contributed by atoms with Gasteiger partial charge < -0.3 is 4.74 Å². The van der Waals surface area contributed by atoms with Crippen LogP contribution in [-0.4, -0.2) is 24.6 Å². The number of ether oxygens (including phenoxy) is 1. The standard InChI is InChI=1S/C3H6Cl2NO2P/c4-9(5,7)6-1-2-8-3-6/h1-3H2. The minimum Gasteiger partial charge on any atom is -0.364 e. The Morgan fingerprint density at radius 3 is 2.44 bits per heavy atom. The molecular formula is C3H6Cl2NO2P. The van der Waals surface area contributed by atoms with Crippen LogP contribution in [0.5, 0.6) is 0 Å². The summed E-state index contributed by atoms with van der Waals surface area (Å²) in [6, 6.07) is 0. The van der Waals surface area contributed by atoms with Crippen LogP contribution in [0.15, 0.2) is 0 Å². The lowest BCUT2D eigenvalue weighted by Gasteiger charge is -2.11. The Morgan fingerprint density at radius 1 is 1.56 bits per heavy atom. The lowest BCUT2D eigenvalue weighted by molar-refractivity contribution is 0.173. The van der Waals surface area contributed by atoms with E-state index in [1.54, 1.807) is 0 Å². The Kier molecular flexibility index (Phi) is 2.41. The average Bonchev–Trinajstić information content (AvgIpc) is 2.08. The number of halogens is 2. The normalized spacial score (nSPS) is 22.9. The Hall–Kier alpha value is 0.730. The molecular weight excluding hydrogens is 184 g/mol. The van der Waals surface area contributed by atoms with Crippen molar-refractivity contribution in [2.24, 2.45) is 0 Å². The van der Waals surface area contributed by atoms with E-state index in [1.807, 2.05) is 0 Å². The number of hydrogen-bond acceptors (Lipinski definition) is 2. The second-order valence-corrected chi connectivity index (χ2v) is 6.41. The Morgan fingerprint density at radius 2 is 2.22 bits per heavy atom. The van der Waals surface area contributed by atoms with Crippen LogP contribution in [0.1, 0.15) is 0 Å². The molecule has 1 fully saturated rings. The van der Waals surface area contributed by atoms with Gasteiger partial charge in [-0.05, 0) is 22.5 Å². The Bertz CT molecular complexity index is 141. The van der Waals surface area contributed by atoms with Gasteiger partial charge in [0.15, 0.2) is 0 Å². The zero-order valence-electron chi connectivity index (χ0n) is 4.59. The van der Waals surface area contributed by atoms with Crippen molar-refractivity contribution < 1.29 is 9.30 Å². The van der Waals surface area contributed by atoms with Crippen LogP contribution < -0.4 is 0 Å². The van der Waals surface area contributed by atoms with Crippen molar-refractivity contribution in [2.45, 2.75) is 0 Å². The summed E-state index contributed by atoms with van der Waals surface area (Å²) in [5, 5.41) is 0. The summed E-state index contributed by atoms with van der Waals surface area (Å²) >= 11 is 10.6. The monoisotopic (exact) mass is 189 g/mol. The molecule has 0 aromatic heterocycles. The van der Waals surface area contributed by atoms with E-state index in [4.69, 9.17) is 27.2 Å². The molecule has 0 saturated carbocycles. The number of rotatable bonds is 1. The highest BCUT2D eigenvalue weighted by Gasteiger charge is 2.28. The van der Waals surface area contributed by atoms with Gasteiger partial charge in [-0.25, -0.2) is 4.67 Å². The van der Waals surface area contributed by atoms with Crippen LogP contribution in [0.4, 0.5) is 0 Å². The van der Waals surface area contributed by atoms with E-state index in [0.717, 1.165) is 0 Å². The third kappa shape index (κ3) is 2.10. The molecule has 0 N–H and O–H groups in total. The van der Waals surface area contributed by atoms with Gasteiger partial charge in [0.25, 0.3) is 0 Å². The number of nitrogens with zero attached hydrogens (tertiary/aromatic N) is 1. The molecule has 54 valence electrons. The van der Waals surface area contributed by atoms with E-state index in [1.165, 1.54) is 4.67 Å². The first kappa shape index (κ1) is 7.83. The zero-order chi connectivity index (χ0) is 6.91. The second kappa shape index (κ2) is 2.77. The summed E-state index contributed by atoms with van der Waals surface area (Å²) in [6.07, 6.45) is 0. The molecule has 0 radical (unpaired) electrons. The third-order valence-corrected chi connectivity index (χ3v) is 3.32. The maximum atomic E-state index is 10.8. The highest BCUT2D eigenvalue weighted by atomic mass is 35.9. The van der Waals surface area contributed by atoms with Crippen molar-refractivity contribution in [3.8, 4) is 0 Å². The molecule has 0 unspecified atom stereocenters. The summed E-state index contributed by atoms with van der Waals surface area (Å²) in [4.78, 5) is 0. The molecule has 0 aliphatic carbocycles. The third-order valence-electron chi connectivity index (χ3n) is 1.06. The molecule has 9 heavy (non-hydrogen) atoms. The first-order valence-electron chi connectivity index (χ1n) is 2.43. The quantitative estimate of drug-likeness (QED) is 0.591. The molecule has 1 aliphatic heterocycles. The van der Waals surface area contributed by atoms with E-state index >= 15 is 0 Å². The van der Waals surface area contributed by atoms with E-state index in [2.05, 4.69) is 0 Å². The van der Waals surface area contributed by atoms with Crippen molar-refractivity contribution in [1.82, 2.24) is 4.67 Å². The van der Waals surface area contributed by atoms with Crippen LogP contribution in [0.3, 0.4) is 0 Å². The molecule has 0 aromatic rings. The summed E-state index contributed by atoms with van der Waals surface area (Å²) < 4.78 is 17.1. The minimum atomic E-state index is -3.06. The van der Waals surface area contributed by atoms with E-state index < -0.39 is 6.00 Å². The van der Waals surface area contributed by atoms with Crippen molar-refractivity contribution in [3.05, 3.63) is 0 Å². The summed E-state index contributed by atoms with van der Waals surface area (Å²) in [5.41, 5.74) is 0. The van der Waals surface area contributed by atoms with Gasteiger partial charge in [-0.3, -0.25) is 4.57 Å². The van der Waals surface area contributed by atoms with E-state index in [9.17, 15) is 4.57 Å². The molecule has 0 aromatic carbocycles. The van der Waals surface area contributed by atoms with Crippen LogP contribution >= 0.6 is 28.5 Å². The Balaban J connectivity index is 2.52. The minimum absolute atomic E-state index is 0.282. The molecule has 1 rings (SSSR count). The van der Waals surface area contributed by atoms with Gasteiger partial charge in [0.2, 0.25) is 0 Å². The SMILES string of the molecule is O=P(Cl)(Cl)N1CCOC1. The molecule has 0 bridgehead atoms. The fourth-order valence-electron chi connectivity index (χ4n) is 0.588. The predicted octanol–water partition coefficient (Wildman–Crippen LogP) is 1.86. The van der Waals surface area contributed by atoms with E-state index in [0.29, 0.717) is 13.2 Å². The molecule has 1 heterocycles. The van der Waals surface area contributed by atoms with Crippen LogP contribution in [0, 0.1) is 0 Å². The zero-order valence-corrected chi connectivity index (χ0v) is 6.99. The largest absolute Gasteiger partial charge is 0.364 e. The van der Waals surface area contributed by atoms with Gasteiger partial charge in [-0.2, -0.15) is 0 Å². The highest BCUT2D eigenvalue weighted by Crippen LogP contribution is 2.60. The fourth-order valence-corrected chi connectivity index (χ4v) is 1.83. The van der Waals surface area contributed by atoms with Gasteiger partial charge in [-0.1, -0.05) is 0 Å². The smallest absolute Gasteiger partial charge is 0.324 e. The van der Waals surface area contributed by atoms with Crippen molar-refractivity contribution in [1.29, 1.82) is 0 Å².